The molecule has 1 heterocycles. The molecule has 51 heavy (non-hydrogen) atoms. The maximum absolute atomic E-state index is 12.9. The monoisotopic (exact) mass is 712 g/mol. The minimum absolute atomic E-state index is 0.0757. The van der Waals surface area contributed by atoms with Crippen LogP contribution < -0.4 is 0 Å². The van der Waals surface area contributed by atoms with Crippen molar-refractivity contribution < 1.29 is 39.5 Å². The van der Waals surface area contributed by atoms with E-state index in [9.17, 15) is 30.0 Å². The zero-order valence-electron chi connectivity index (χ0n) is 32.8. The van der Waals surface area contributed by atoms with Gasteiger partial charge in [-0.25, -0.2) is 4.79 Å². The molecule has 0 aromatic rings. The summed E-state index contributed by atoms with van der Waals surface area (Å²) in [6.45, 7) is 17.5. The van der Waals surface area contributed by atoms with E-state index in [1.807, 2.05) is 71.9 Å². The molecule has 8 nitrogen and oxygen atoms in total. The number of aliphatic hydroxyl groups is 4. The molecule has 1 aliphatic heterocycles. The zero-order chi connectivity index (χ0) is 38.5. The summed E-state index contributed by atoms with van der Waals surface area (Å²) in [6.07, 6.45) is 20.3. The number of aliphatic hydroxyl groups excluding tert-OH is 4. The van der Waals surface area contributed by atoms with Crippen molar-refractivity contribution in [2.24, 2.45) is 17.8 Å². The highest BCUT2D eigenvalue weighted by molar-refractivity contribution is 5.82. The molecule has 0 aromatic carbocycles. The number of esters is 2. The van der Waals surface area contributed by atoms with Crippen molar-refractivity contribution in [2.45, 2.75) is 157 Å². The fraction of sp³-hybridized carbons (Fsp3) is 0.628. The smallest absolute Gasteiger partial charge is 0.331 e. The second kappa shape index (κ2) is 25.0. The van der Waals surface area contributed by atoms with Gasteiger partial charge in [0.25, 0.3) is 0 Å². The average Bonchev–Trinajstić information content (AvgIpc) is 3.03. The second-order valence-corrected chi connectivity index (χ2v) is 14.8. The predicted molar refractivity (Wildman–Crippen MR) is 207 cm³/mol. The third-order valence-corrected chi connectivity index (χ3v) is 9.18. The maximum atomic E-state index is 12.9. The largest absolute Gasteiger partial charge is 0.462 e. The molecule has 8 heteroatoms. The first kappa shape index (κ1) is 46.0. The SMILES string of the molecule is CCC[C@H](O)[C@@H](O)C=C(C)C=CC=C(C)C=C(C)C=CC(=O)O[C@H]1CCCC(=O)O[C@@H]([C@@H](C)CC(C)=C[C@@H](C)[C@H](O)C[C@@H](C)O)CC=CC[C@@H]1C. The van der Waals surface area contributed by atoms with Crippen molar-refractivity contribution in [2.75, 3.05) is 0 Å². The third kappa shape index (κ3) is 20.6. The normalized spacial score (nSPS) is 24.3. The number of hydrogen-bond donors (Lipinski definition) is 4. The van der Waals surface area contributed by atoms with Gasteiger partial charge in [-0.2, -0.15) is 0 Å². The molecule has 0 amide bonds. The highest BCUT2D eigenvalue weighted by Crippen LogP contribution is 2.26. The Morgan fingerprint density at radius 2 is 1.63 bits per heavy atom. The van der Waals surface area contributed by atoms with Crippen LogP contribution in [0.15, 0.2) is 83.1 Å². The lowest BCUT2D eigenvalue weighted by Crippen LogP contribution is -2.27. The van der Waals surface area contributed by atoms with E-state index < -0.39 is 30.4 Å². The van der Waals surface area contributed by atoms with Crippen molar-refractivity contribution in [3.63, 3.8) is 0 Å². The van der Waals surface area contributed by atoms with Gasteiger partial charge in [0.05, 0.1) is 24.4 Å². The third-order valence-electron chi connectivity index (χ3n) is 9.18. The van der Waals surface area contributed by atoms with Crippen LogP contribution in [0.2, 0.25) is 0 Å². The van der Waals surface area contributed by atoms with Crippen molar-refractivity contribution >= 4 is 11.9 Å². The molecule has 0 aromatic heterocycles. The molecule has 0 radical (unpaired) electrons. The van der Waals surface area contributed by atoms with Crippen LogP contribution in [0.3, 0.4) is 0 Å². The number of allylic oxidation sites excluding steroid dienone is 10. The molecule has 288 valence electrons. The predicted octanol–water partition coefficient (Wildman–Crippen LogP) is 8.18. The van der Waals surface area contributed by atoms with E-state index in [2.05, 4.69) is 26.0 Å². The molecule has 1 rings (SSSR count). The number of carbonyl (C=O) groups excluding carboxylic acids is 2. The topological polar surface area (TPSA) is 134 Å². The molecule has 4 N–H and O–H groups in total. The quantitative estimate of drug-likeness (QED) is 0.0514. The van der Waals surface area contributed by atoms with Gasteiger partial charge in [-0.05, 0) is 85.0 Å². The van der Waals surface area contributed by atoms with E-state index in [1.165, 1.54) is 6.08 Å². The van der Waals surface area contributed by atoms with Gasteiger partial charge in [-0.15, -0.1) is 0 Å². The lowest BCUT2D eigenvalue weighted by atomic mass is 9.90. The Morgan fingerprint density at radius 3 is 2.29 bits per heavy atom. The van der Waals surface area contributed by atoms with Crippen LogP contribution in [0.5, 0.6) is 0 Å². The number of hydrogen-bond acceptors (Lipinski definition) is 8. The van der Waals surface area contributed by atoms with Gasteiger partial charge < -0.3 is 29.9 Å². The molecule has 0 spiro atoms. The van der Waals surface area contributed by atoms with Crippen LogP contribution in [0.25, 0.3) is 0 Å². The first-order valence-electron chi connectivity index (χ1n) is 18.9. The summed E-state index contributed by atoms with van der Waals surface area (Å²) in [6, 6.07) is 0. The highest BCUT2D eigenvalue weighted by atomic mass is 16.5. The molecule has 0 aliphatic carbocycles. The van der Waals surface area contributed by atoms with Crippen molar-refractivity contribution in [3.05, 3.63) is 83.1 Å². The van der Waals surface area contributed by atoms with Crippen molar-refractivity contribution in [3.8, 4) is 0 Å². The Labute approximate surface area is 308 Å². The zero-order valence-corrected chi connectivity index (χ0v) is 32.8. The Bertz CT molecular complexity index is 1270. The van der Waals surface area contributed by atoms with E-state index in [1.54, 1.807) is 19.1 Å². The van der Waals surface area contributed by atoms with Crippen LogP contribution in [0, 0.1) is 17.8 Å². The van der Waals surface area contributed by atoms with Gasteiger partial charge in [0, 0.05) is 24.8 Å². The van der Waals surface area contributed by atoms with Crippen molar-refractivity contribution in [1.29, 1.82) is 0 Å². The first-order valence-corrected chi connectivity index (χ1v) is 18.9. The minimum atomic E-state index is -0.890. The van der Waals surface area contributed by atoms with E-state index >= 15 is 0 Å². The average molecular weight is 713 g/mol. The number of ether oxygens (including phenoxy) is 2. The Kier molecular flexibility index (Phi) is 22.6. The Hall–Kier alpha value is -3.04. The van der Waals surface area contributed by atoms with E-state index in [0.717, 1.165) is 41.6 Å². The summed E-state index contributed by atoms with van der Waals surface area (Å²) < 4.78 is 11.8. The molecular formula is C43H68O8. The van der Waals surface area contributed by atoms with Gasteiger partial charge >= 0.3 is 11.9 Å². The van der Waals surface area contributed by atoms with Crippen LogP contribution in [-0.4, -0.2) is 69.0 Å². The molecule has 0 saturated carbocycles. The number of carbonyl (C=O) groups is 2. The molecular weight excluding hydrogens is 644 g/mol. The van der Waals surface area contributed by atoms with Crippen LogP contribution >= 0.6 is 0 Å². The molecule has 0 unspecified atom stereocenters. The van der Waals surface area contributed by atoms with Gasteiger partial charge in [0.15, 0.2) is 0 Å². The number of rotatable bonds is 17. The van der Waals surface area contributed by atoms with Gasteiger partial charge in [0.2, 0.25) is 0 Å². The summed E-state index contributed by atoms with van der Waals surface area (Å²) >= 11 is 0. The molecule has 0 fully saturated rings. The maximum Gasteiger partial charge on any atom is 0.331 e. The standard InChI is InChI=1S/C43H68O8/c1-10-15-37(45)39(47)27-30(3)17-13-16-29(2)24-31(4)22-23-43(49)50-40-20-14-21-42(48)51-41(19-12-11-18-33(40)6)35(8)26-32(5)25-34(7)38(46)28-36(9)44/h11-13,16-17,22-25,27,33-41,44-47H,10,14-15,18-21,26,28H2,1-9H3/t33-,34+,35-,36+,37-,38+,39-,40-,41+/m0/s1. The lowest BCUT2D eigenvalue weighted by molar-refractivity contribution is -0.151. The fourth-order valence-electron chi connectivity index (χ4n) is 6.15. The summed E-state index contributed by atoms with van der Waals surface area (Å²) in [7, 11) is 0. The second-order valence-electron chi connectivity index (χ2n) is 14.8. The fourth-order valence-corrected chi connectivity index (χ4v) is 6.15. The summed E-state index contributed by atoms with van der Waals surface area (Å²) in [5, 5.41) is 39.9. The summed E-state index contributed by atoms with van der Waals surface area (Å²) in [4.78, 5) is 25.7. The van der Waals surface area contributed by atoms with Gasteiger partial charge in [-0.1, -0.05) is 111 Å². The lowest BCUT2D eigenvalue weighted by Gasteiger charge is -2.26. The van der Waals surface area contributed by atoms with Gasteiger partial charge in [0.1, 0.15) is 12.2 Å². The van der Waals surface area contributed by atoms with Gasteiger partial charge in [-0.3, -0.25) is 4.79 Å². The van der Waals surface area contributed by atoms with Crippen LogP contribution in [0.4, 0.5) is 0 Å². The summed E-state index contributed by atoms with van der Waals surface area (Å²) in [5.74, 6) is -0.602. The van der Waals surface area contributed by atoms with Crippen LogP contribution in [0.1, 0.15) is 120 Å². The molecule has 1 aliphatic rings. The van der Waals surface area contributed by atoms with Crippen molar-refractivity contribution in [1.82, 2.24) is 0 Å². The van der Waals surface area contributed by atoms with E-state index in [0.29, 0.717) is 32.1 Å². The highest BCUT2D eigenvalue weighted by Gasteiger charge is 2.25. The molecule has 0 saturated heterocycles. The first-order chi connectivity index (χ1) is 24.0. The van der Waals surface area contributed by atoms with E-state index in [4.69, 9.17) is 9.47 Å². The van der Waals surface area contributed by atoms with E-state index in [-0.39, 0.29) is 42.4 Å². The summed E-state index contributed by atoms with van der Waals surface area (Å²) in [5.41, 5.74) is 3.83. The molecule has 0 bridgehead atoms. The Balaban J connectivity index is 2.79. The van der Waals surface area contributed by atoms with Crippen LogP contribution in [-0.2, 0) is 19.1 Å². The Morgan fingerprint density at radius 1 is 0.941 bits per heavy atom. The number of cyclic esters (lactones) is 1. The minimum Gasteiger partial charge on any atom is -0.462 e. The molecule has 9 atom stereocenters.